The highest BCUT2D eigenvalue weighted by molar-refractivity contribution is 6.03. The fraction of sp³-hybridized carbons (Fsp3) is 0.217. The summed E-state index contributed by atoms with van der Waals surface area (Å²) in [6, 6.07) is 16.9. The van der Waals surface area contributed by atoms with Crippen LogP contribution in [0.4, 0.5) is 11.4 Å². The molecule has 0 saturated heterocycles. The summed E-state index contributed by atoms with van der Waals surface area (Å²) in [5.74, 6) is 1.32. The lowest BCUT2D eigenvalue weighted by Crippen LogP contribution is -2.15. The Labute approximate surface area is 170 Å². The van der Waals surface area contributed by atoms with Crippen molar-refractivity contribution >= 4 is 17.3 Å². The number of amides is 1. The van der Waals surface area contributed by atoms with E-state index in [2.05, 4.69) is 21.7 Å². The molecule has 0 radical (unpaired) electrons. The number of nitrogens with one attached hydrogen (secondary N) is 2. The lowest BCUT2D eigenvalue weighted by Gasteiger charge is -2.10. The van der Waals surface area contributed by atoms with E-state index in [1.54, 1.807) is 19.4 Å². The molecule has 0 aliphatic rings. The van der Waals surface area contributed by atoms with E-state index in [0.717, 1.165) is 34.0 Å². The summed E-state index contributed by atoms with van der Waals surface area (Å²) in [5, 5.41) is 6.15. The molecule has 0 fully saturated rings. The maximum Gasteiger partial charge on any atom is 0.274 e. The zero-order chi connectivity index (χ0) is 20.6. The molecule has 6 nitrogen and oxygen atoms in total. The lowest BCUT2D eigenvalue weighted by molar-refractivity contribution is 0.102. The summed E-state index contributed by atoms with van der Waals surface area (Å²) in [5.41, 5.74) is 4.12. The number of carbonyl (C=O) groups is 1. The topological polar surface area (TPSA) is 72.5 Å². The van der Waals surface area contributed by atoms with Crippen LogP contribution in [-0.4, -0.2) is 31.2 Å². The van der Waals surface area contributed by atoms with Crippen molar-refractivity contribution in [2.75, 3.05) is 30.9 Å². The molecule has 0 aliphatic carbocycles. The average Bonchev–Trinajstić information content (AvgIpc) is 2.71. The largest absolute Gasteiger partial charge is 0.497 e. The van der Waals surface area contributed by atoms with Gasteiger partial charge in [0.1, 0.15) is 23.8 Å². The smallest absolute Gasteiger partial charge is 0.274 e. The Kier molecular flexibility index (Phi) is 6.68. The molecular formula is C23H25N3O3. The summed E-state index contributed by atoms with van der Waals surface area (Å²) in [4.78, 5) is 16.7. The number of aromatic nitrogens is 1. The van der Waals surface area contributed by atoms with Gasteiger partial charge in [0, 0.05) is 24.1 Å². The number of pyridine rings is 1. The Morgan fingerprint density at radius 1 is 0.931 bits per heavy atom. The first-order valence-electron chi connectivity index (χ1n) is 9.40. The molecule has 0 spiro atoms. The van der Waals surface area contributed by atoms with Gasteiger partial charge in [-0.2, -0.15) is 0 Å². The maximum atomic E-state index is 12.5. The minimum Gasteiger partial charge on any atom is -0.497 e. The van der Waals surface area contributed by atoms with Gasteiger partial charge in [-0.15, -0.1) is 0 Å². The van der Waals surface area contributed by atoms with Crippen LogP contribution in [0, 0.1) is 13.8 Å². The van der Waals surface area contributed by atoms with Crippen molar-refractivity contribution in [3.8, 4) is 11.5 Å². The van der Waals surface area contributed by atoms with Crippen LogP contribution < -0.4 is 20.1 Å². The quantitative estimate of drug-likeness (QED) is 0.555. The monoisotopic (exact) mass is 391 g/mol. The lowest BCUT2D eigenvalue weighted by atomic mass is 10.1. The molecule has 150 valence electrons. The van der Waals surface area contributed by atoms with Gasteiger partial charge < -0.3 is 20.1 Å². The molecule has 0 atom stereocenters. The van der Waals surface area contributed by atoms with Gasteiger partial charge in [0.2, 0.25) is 0 Å². The number of rotatable bonds is 8. The molecule has 6 heteroatoms. The molecule has 0 unspecified atom stereocenters. The molecular weight excluding hydrogens is 366 g/mol. The van der Waals surface area contributed by atoms with Crippen LogP contribution in [0.25, 0.3) is 0 Å². The van der Waals surface area contributed by atoms with Gasteiger partial charge in [-0.3, -0.25) is 9.78 Å². The Bertz CT molecular complexity index is 951. The molecule has 2 N–H and O–H groups in total. The Morgan fingerprint density at radius 2 is 1.62 bits per heavy atom. The molecule has 0 bridgehead atoms. The highest BCUT2D eigenvalue weighted by atomic mass is 16.5. The first-order valence-corrected chi connectivity index (χ1v) is 9.40. The summed E-state index contributed by atoms with van der Waals surface area (Å²) < 4.78 is 10.8. The zero-order valence-electron chi connectivity index (χ0n) is 16.9. The fourth-order valence-electron chi connectivity index (χ4n) is 2.94. The second kappa shape index (κ2) is 9.59. The molecule has 2 aromatic carbocycles. The maximum absolute atomic E-state index is 12.5. The number of hydrogen-bond acceptors (Lipinski definition) is 5. The van der Waals surface area contributed by atoms with E-state index in [1.807, 2.05) is 56.3 Å². The molecule has 29 heavy (non-hydrogen) atoms. The van der Waals surface area contributed by atoms with Crippen LogP contribution in [0.1, 0.15) is 21.6 Å². The van der Waals surface area contributed by atoms with Crippen LogP contribution >= 0.6 is 0 Å². The minimum atomic E-state index is -0.242. The normalized spacial score (nSPS) is 10.3. The van der Waals surface area contributed by atoms with E-state index in [0.29, 0.717) is 18.8 Å². The average molecular weight is 391 g/mol. The molecule has 1 aromatic heterocycles. The highest BCUT2D eigenvalue weighted by Crippen LogP contribution is 2.17. The summed E-state index contributed by atoms with van der Waals surface area (Å²) in [7, 11) is 1.63. The van der Waals surface area contributed by atoms with E-state index in [1.165, 1.54) is 0 Å². The van der Waals surface area contributed by atoms with Crippen molar-refractivity contribution in [3.63, 3.8) is 0 Å². The minimum absolute atomic E-state index is 0.242. The Morgan fingerprint density at radius 3 is 2.31 bits per heavy atom. The third-order valence-electron chi connectivity index (χ3n) is 4.23. The Hall–Kier alpha value is -3.54. The Balaban J connectivity index is 1.52. The van der Waals surface area contributed by atoms with Crippen molar-refractivity contribution in [2.24, 2.45) is 0 Å². The van der Waals surface area contributed by atoms with E-state index in [-0.39, 0.29) is 5.91 Å². The van der Waals surface area contributed by atoms with Gasteiger partial charge >= 0.3 is 0 Å². The van der Waals surface area contributed by atoms with Gasteiger partial charge in [-0.1, -0.05) is 6.07 Å². The van der Waals surface area contributed by atoms with Gasteiger partial charge in [-0.05, 0) is 73.5 Å². The van der Waals surface area contributed by atoms with Crippen LogP contribution in [0.15, 0.2) is 60.8 Å². The van der Waals surface area contributed by atoms with Crippen LogP contribution in [-0.2, 0) is 0 Å². The summed E-state index contributed by atoms with van der Waals surface area (Å²) in [6.45, 7) is 5.08. The molecule has 0 aliphatic heterocycles. The predicted octanol–water partition coefficient (Wildman–Crippen LogP) is 4.45. The molecule has 3 aromatic rings. The number of ether oxygens (including phenoxy) is 2. The highest BCUT2D eigenvalue weighted by Gasteiger charge is 2.09. The number of carbonyl (C=O) groups excluding carboxylic acids is 1. The molecule has 3 rings (SSSR count). The van der Waals surface area contributed by atoms with E-state index >= 15 is 0 Å². The van der Waals surface area contributed by atoms with Gasteiger partial charge in [0.25, 0.3) is 5.91 Å². The third-order valence-corrected chi connectivity index (χ3v) is 4.23. The first-order chi connectivity index (χ1) is 14.0. The van der Waals surface area contributed by atoms with Crippen molar-refractivity contribution < 1.29 is 14.3 Å². The van der Waals surface area contributed by atoms with Gasteiger partial charge in [-0.25, -0.2) is 0 Å². The van der Waals surface area contributed by atoms with Crippen molar-refractivity contribution in [1.29, 1.82) is 0 Å². The number of methoxy groups -OCH3 is 1. The van der Waals surface area contributed by atoms with Crippen molar-refractivity contribution in [2.45, 2.75) is 13.8 Å². The number of benzene rings is 2. The standard InChI is InChI=1S/C23H25N3O3/c1-16-12-17(2)14-19(13-16)26-23(27)22-15-18(8-9-25-22)24-10-11-29-21-6-4-20(28-3)5-7-21/h4-9,12-15H,10-11H2,1-3H3,(H,24,25)(H,26,27). The molecule has 1 heterocycles. The van der Waals surface area contributed by atoms with Gasteiger partial charge in [0.15, 0.2) is 0 Å². The van der Waals surface area contributed by atoms with Crippen molar-refractivity contribution in [3.05, 3.63) is 77.6 Å². The second-order valence-electron chi connectivity index (χ2n) is 6.71. The van der Waals surface area contributed by atoms with E-state index < -0.39 is 0 Å². The van der Waals surface area contributed by atoms with Crippen molar-refractivity contribution in [1.82, 2.24) is 4.98 Å². The van der Waals surface area contributed by atoms with Crippen LogP contribution in [0.5, 0.6) is 11.5 Å². The fourth-order valence-corrected chi connectivity index (χ4v) is 2.94. The number of hydrogen-bond donors (Lipinski definition) is 2. The third kappa shape index (κ3) is 5.97. The number of aryl methyl sites for hydroxylation is 2. The zero-order valence-corrected chi connectivity index (χ0v) is 16.9. The number of nitrogens with zero attached hydrogens (tertiary/aromatic N) is 1. The SMILES string of the molecule is COc1ccc(OCCNc2ccnc(C(=O)Nc3cc(C)cc(C)c3)c2)cc1. The number of anilines is 2. The molecule has 0 saturated carbocycles. The van der Waals surface area contributed by atoms with Crippen LogP contribution in [0.2, 0.25) is 0 Å². The summed E-state index contributed by atoms with van der Waals surface area (Å²) >= 11 is 0. The van der Waals surface area contributed by atoms with Gasteiger partial charge in [0.05, 0.1) is 7.11 Å². The van der Waals surface area contributed by atoms with Crippen LogP contribution in [0.3, 0.4) is 0 Å². The second-order valence-corrected chi connectivity index (χ2v) is 6.71. The molecule has 1 amide bonds. The van der Waals surface area contributed by atoms with E-state index in [9.17, 15) is 4.79 Å². The first kappa shape index (κ1) is 20.2. The van der Waals surface area contributed by atoms with E-state index in [4.69, 9.17) is 9.47 Å². The predicted molar refractivity (Wildman–Crippen MR) is 115 cm³/mol. The summed E-state index contributed by atoms with van der Waals surface area (Å²) in [6.07, 6.45) is 1.61.